The lowest BCUT2D eigenvalue weighted by molar-refractivity contribution is 0.292. The largest absolute Gasteiger partial charge is 0.363 e. The Morgan fingerprint density at radius 1 is 1.03 bits per heavy atom. The molecular formula is C23H25FN6O2S. The first-order chi connectivity index (χ1) is 15.7. The molecule has 3 aromatic rings. The van der Waals surface area contributed by atoms with Gasteiger partial charge in [0.15, 0.2) is 0 Å². The molecule has 8 nitrogen and oxygen atoms in total. The van der Waals surface area contributed by atoms with E-state index in [0.29, 0.717) is 40.8 Å². The van der Waals surface area contributed by atoms with E-state index in [4.69, 9.17) is 0 Å². The van der Waals surface area contributed by atoms with Gasteiger partial charge in [-0.3, -0.25) is 9.62 Å². The summed E-state index contributed by atoms with van der Waals surface area (Å²) in [7, 11) is -1.21. The standard InChI is InChI=1S/C23H25FN6O2S/c1-29-13-19-12-18(29)14-30(19)22-8-7-17(11-20(22)24)26-23-25-10-9-21(27-23)15-3-5-16(6-4-15)28-33(2,31)32/h3-11,18-19,28H,12-14H2,1-2H3,(H,25,26,27)/t18-,19-/m0/s1. The number of aromatic nitrogens is 2. The van der Waals surface area contributed by atoms with E-state index >= 15 is 0 Å². The van der Waals surface area contributed by atoms with E-state index in [0.717, 1.165) is 31.3 Å². The normalized spacial score (nSPS) is 20.3. The SMILES string of the molecule is CN1C[C@@H]2C[C@H]1CN2c1ccc(Nc2nccc(-c3ccc(NS(C)(=O)=O)cc3)n2)cc1F. The van der Waals surface area contributed by atoms with Crippen LogP contribution in [0.5, 0.6) is 0 Å². The van der Waals surface area contributed by atoms with E-state index in [1.54, 1.807) is 36.5 Å². The molecule has 3 heterocycles. The second-order valence-electron chi connectivity index (χ2n) is 8.64. The molecule has 0 radical (unpaired) electrons. The quantitative estimate of drug-likeness (QED) is 0.574. The van der Waals surface area contributed by atoms with Crippen molar-refractivity contribution >= 4 is 33.0 Å². The number of likely N-dealkylation sites (tertiary alicyclic amines) is 1. The zero-order valence-corrected chi connectivity index (χ0v) is 19.2. The first kappa shape index (κ1) is 21.6. The Morgan fingerprint density at radius 3 is 2.42 bits per heavy atom. The molecule has 5 rings (SSSR count). The molecule has 2 fully saturated rings. The lowest BCUT2D eigenvalue weighted by Gasteiger charge is -2.33. The molecule has 10 heteroatoms. The Hall–Kier alpha value is -3.24. The fourth-order valence-corrected chi connectivity index (χ4v) is 5.17. The average Bonchev–Trinajstić information content (AvgIpc) is 3.33. The zero-order valence-electron chi connectivity index (χ0n) is 18.4. The van der Waals surface area contributed by atoms with Gasteiger partial charge in [-0.25, -0.2) is 22.8 Å². The number of benzene rings is 2. The molecule has 0 aliphatic carbocycles. The van der Waals surface area contributed by atoms with Crippen LogP contribution in [-0.4, -0.2) is 61.8 Å². The number of halogens is 1. The molecule has 2 atom stereocenters. The predicted octanol–water partition coefficient (Wildman–Crippen LogP) is 3.29. The van der Waals surface area contributed by atoms with Crippen molar-refractivity contribution in [1.82, 2.24) is 14.9 Å². The molecule has 2 aliphatic heterocycles. The molecular weight excluding hydrogens is 443 g/mol. The van der Waals surface area contributed by atoms with Gasteiger partial charge in [0.25, 0.3) is 0 Å². The maximum absolute atomic E-state index is 14.9. The van der Waals surface area contributed by atoms with Gasteiger partial charge in [-0.05, 0) is 49.9 Å². The van der Waals surface area contributed by atoms with Crippen LogP contribution in [0.1, 0.15) is 6.42 Å². The van der Waals surface area contributed by atoms with Crippen molar-refractivity contribution in [2.75, 3.05) is 41.3 Å². The summed E-state index contributed by atoms with van der Waals surface area (Å²) in [6.45, 7) is 1.82. The highest BCUT2D eigenvalue weighted by atomic mass is 32.2. The summed E-state index contributed by atoms with van der Waals surface area (Å²) in [6.07, 6.45) is 3.81. The molecule has 0 spiro atoms. The maximum atomic E-state index is 14.9. The number of nitrogens with one attached hydrogen (secondary N) is 2. The fraction of sp³-hybridized carbons (Fsp3) is 0.304. The molecule has 0 saturated carbocycles. The Morgan fingerprint density at radius 2 is 1.79 bits per heavy atom. The van der Waals surface area contributed by atoms with Gasteiger partial charge >= 0.3 is 0 Å². The van der Waals surface area contributed by atoms with E-state index in [1.165, 1.54) is 6.07 Å². The molecule has 172 valence electrons. The number of nitrogens with zero attached hydrogens (tertiary/aromatic N) is 4. The lowest BCUT2D eigenvalue weighted by atomic mass is 10.1. The van der Waals surface area contributed by atoms with Crippen molar-refractivity contribution in [3.8, 4) is 11.3 Å². The van der Waals surface area contributed by atoms with Crippen LogP contribution in [-0.2, 0) is 10.0 Å². The van der Waals surface area contributed by atoms with Gasteiger partial charge in [-0.2, -0.15) is 0 Å². The fourth-order valence-electron chi connectivity index (χ4n) is 4.61. The lowest BCUT2D eigenvalue weighted by Crippen LogP contribution is -2.44. The second-order valence-corrected chi connectivity index (χ2v) is 10.4. The Kier molecular flexibility index (Phi) is 5.41. The van der Waals surface area contributed by atoms with Crippen LogP contribution in [0, 0.1) is 5.82 Å². The van der Waals surface area contributed by atoms with Gasteiger partial charge in [0.1, 0.15) is 5.82 Å². The highest BCUT2D eigenvalue weighted by molar-refractivity contribution is 7.92. The van der Waals surface area contributed by atoms with Crippen LogP contribution in [0.15, 0.2) is 54.7 Å². The highest BCUT2D eigenvalue weighted by Crippen LogP contribution is 2.35. The van der Waals surface area contributed by atoms with Crippen LogP contribution in [0.2, 0.25) is 0 Å². The maximum Gasteiger partial charge on any atom is 0.229 e. The number of piperazine rings is 1. The minimum atomic E-state index is -3.33. The minimum Gasteiger partial charge on any atom is -0.363 e. The first-order valence-corrected chi connectivity index (χ1v) is 12.6. The Labute approximate surface area is 192 Å². The van der Waals surface area contributed by atoms with Gasteiger partial charge in [0.05, 0.1) is 17.6 Å². The molecule has 2 aliphatic rings. The highest BCUT2D eigenvalue weighted by Gasteiger charge is 2.42. The van der Waals surface area contributed by atoms with Crippen LogP contribution in [0.25, 0.3) is 11.3 Å². The molecule has 33 heavy (non-hydrogen) atoms. The number of hydrogen-bond donors (Lipinski definition) is 2. The average molecular weight is 469 g/mol. The third-order valence-corrected chi connectivity index (χ3v) is 6.77. The summed E-state index contributed by atoms with van der Waals surface area (Å²) < 4.78 is 40.1. The van der Waals surface area contributed by atoms with Crippen molar-refractivity contribution in [2.45, 2.75) is 18.5 Å². The van der Waals surface area contributed by atoms with E-state index in [-0.39, 0.29) is 5.82 Å². The topological polar surface area (TPSA) is 90.5 Å². The number of sulfonamides is 1. The van der Waals surface area contributed by atoms with Crippen molar-refractivity contribution in [3.63, 3.8) is 0 Å². The minimum absolute atomic E-state index is 0.264. The van der Waals surface area contributed by atoms with E-state index in [9.17, 15) is 12.8 Å². The van der Waals surface area contributed by atoms with E-state index < -0.39 is 10.0 Å². The smallest absolute Gasteiger partial charge is 0.229 e. The third kappa shape index (κ3) is 4.62. The van der Waals surface area contributed by atoms with Gasteiger partial charge in [0, 0.05) is 48.3 Å². The summed E-state index contributed by atoms with van der Waals surface area (Å²) in [6, 6.07) is 14.6. The van der Waals surface area contributed by atoms with Crippen molar-refractivity contribution in [1.29, 1.82) is 0 Å². The van der Waals surface area contributed by atoms with Gasteiger partial charge in [-0.1, -0.05) is 12.1 Å². The number of anilines is 4. The molecule has 2 saturated heterocycles. The number of hydrogen-bond acceptors (Lipinski definition) is 7. The summed E-state index contributed by atoms with van der Waals surface area (Å²) in [5, 5.41) is 3.08. The summed E-state index contributed by atoms with van der Waals surface area (Å²) in [5.41, 5.74) is 3.14. The molecule has 2 bridgehead atoms. The monoisotopic (exact) mass is 468 g/mol. The van der Waals surface area contributed by atoms with Gasteiger partial charge in [-0.15, -0.1) is 0 Å². The van der Waals surface area contributed by atoms with Crippen molar-refractivity contribution in [2.24, 2.45) is 0 Å². The summed E-state index contributed by atoms with van der Waals surface area (Å²) in [5.74, 6) is 0.0835. The third-order valence-electron chi connectivity index (χ3n) is 6.17. The van der Waals surface area contributed by atoms with E-state index in [2.05, 4.69) is 36.9 Å². The Balaban J connectivity index is 1.30. The Bertz CT molecular complexity index is 1280. The molecule has 1 aromatic heterocycles. The predicted molar refractivity (Wildman–Crippen MR) is 128 cm³/mol. The van der Waals surface area contributed by atoms with Gasteiger partial charge in [0.2, 0.25) is 16.0 Å². The van der Waals surface area contributed by atoms with Crippen LogP contribution in [0.3, 0.4) is 0 Å². The first-order valence-electron chi connectivity index (χ1n) is 10.7. The van der Waals surface area contributed by atoms with Crippen LogP contribution >= 0.6 is 0 Å². The number of fused-ring (bicyclic) bond motifs is 2. The summed E-state index contributed by atoms with van der Waals surface area (Å²) in [4.78, 5) is 13.3. The molecule has 2 aromatic carbocycles. The van der Waals surface area contributed by atoms with Crippen LogP contribution in [0.4, 0.5) is 27.4 Å². The van der Waals surface area contributed by atoms with Crippen molar-refractivity contribution < 1.29 is 12.8 Å². The second kappa shape index (κ2) is 8.27. The number of likely N-dealkylation sites (N-methyl/N-ethyl adjacent to an activating group) is 1. The van der Waals surface area contributed by atoms with Crippen molar-refractivity contribution in [3.05, 3.63) is 60.5 Å². The van der Waals surface area contributed by atoms with Gasteiger partial charge < -0.3 is 10.2 Å². The van der Waals surface area contributed by atoms with E-state index in [1.807, 2.05) is 12.1 Å². The zero-order chi connectivity index (χ0) is 23.2. The molecule has 2 N–H and O–H groups in total. The summed E-state index contributed by atoms with van der Waals surface area (Å²) >= 11 is 0. The molecule has 0 amide bonds. The van der Waals surface area contributed by atoms with Crippen LogP contribution < -0.4 is 14.9 Å². The molecule has 0 unspecified atom stereocenters. The number of rotatable bonds is 6.